The Balaban J connectivity index is 2.41. The quantitative estimate of drug-likeness (QED) is 0.845. The molecule has 0 fully saturated rings. The number of nitrogens with two attached hydrogens (primary N) is 1. The van der Waals surface area contributed by atoms with E-state index in [1.165, 1.54) is 23.0 Å². The van der Waals surface area contributed by atoms with Crippen molar-refractivity contribution in [1.29, 1.82) is 0 Å². The predicted molar refractivity (Wildman–Crippen MR) is 74.2 cm³/mol. The van der Waals surface area contributed by atoms with Crippen LogP contribution in [0.4, 0.5) is 15.9 Å². The van der Waals surface area contributed by atoms with Crippen molar-refractivity contribution >= 4 is 21.5 Å². The molecule has 1 aromatic carbocycles. The van der Waals surface area contributed by atoms with Crippen LogP contribution in [0.1, 0.15) is 19.9 Å². The molecular formula is C12H15FN4O2S. The Morgan fingerprint density at radius 2 is 2.05 bits per heavy atom. The van der Waals surface area contributed by atoms with E-state index in [-0.39, 0.29) is 16.6 Å². The number of hydrogen-bond donors (Lipinski definition) is 2. The van der Waals surface area contributed by atoms with Crippen LogP contribution in [0.5, 0.6) is 0 Å². The van der Waals surface area contributed by atoms with Crippen molar-refractivity contribution < 1.29 is 12.8 Å². The second kappa shape index (κ2) is 5.12. The monoisotopic (exact) mass is 298 g/mol. The fourth-order valence-electron chi connectivity index (χ4n) is 1.74. The lowest BCUT2D eigenvalue weighted by molar-refractivity contribution is 0.539. The molecule has 0 amide bonds. The molecule has 108 valence electrons. The topological polar surface area (TPSA) is 90.0 Å². The average molecular weight is 298 g/mol. The van der Waals surface area contributed by atoms with E-state index in [2.05, 4.69) is 9.82 Å². The van der Waals surface area contributed by atoms with Gasteiger partial charge >= 0.3 is 0 Å². The molecule has 0 aliphatic carbocycles. The molecule has 0 bridgehead atoms. The number of nitrogens with one attached hydrogen (secondary N) is 1. The Morgan fingerprint density at radius 1 is 1.35 bits per heavy atom. The second-order valence-corrected chi connectivity index (χ2v) is 6.19. The van der Waals surface area contributed by atoms with E-state index in [9.17, 15) is 12.8 Å². The molecule has 1 heterocycles. The van der Waals surface area contributed by atoms with Gasteiger partial charge in [-0.1, -0.05) is 0 Å². The van der Waals surface area contributed by atoms with Gasteiger partial charge in [-0.15, -0.1) is 0 Å². The summed E-state index contributed by atoms with van der Waals surface area (Å²) >= 11 is 0. The molecule has 0 spiro atoms. The Bertz CT molecular complexity index is 725. The fourth-order valence-corrected chi connectivity index (χ4v) is 2.93. The van der Waals surface area contributed by atoms with Crippen molar-refractivity contribution in [3.05, 3.63) is 36.3 Å². The van der Waals surface area contributed by atoms with Gasteiger partial charge in [0.15, 0.2) is 0 Å². The maximum absolute atomic E-state index is 13.2. The van der Waals surface area contributed by atoms with Crippen LogP contribution in [-0.2, 0) is 10.0 Å². The summed E-state index contributed by atoms with van der Waals surface area (Å²) < 4.78 is 41.6. The van der Waals surface area contributed by atoms with Gasteiger partial charge < -0.3 is 5.73 Å². The van der Waals surface area contributed by atoms with E-state index in [1.54, 1.807) is 0 Å². The molecule has 3 N–H and O–H groups in total. The Kier molecular flexibility index (Phi) is 3.67. The van der Waals surface area contributed by atoms with E-state index in [0.717, 1.165) is 12.1 Å². The Morgan fingerprint density at radius 3 is 2.70 bits per heavy atom. The SMILES string of the molecule is CC(C)n1nccc1NS(=O)(=O)c1cc(F)ccc1N. The summed E-state index contributed by atoms with van der Waals surface area (Å²) in [6.07, 6.45) is 1.48. The van der Waals surface area contributed by atoms with E-state index in [0.29, 0.717) is 5.82 Å². The van der Waals surface area contributed by atoms with Crippen LogP contribution in [0.25, 0.3) is 0 Å². The molecule has 0 atom stereocenters. The normalized spacial score (nSPS) is 11.8. The van der Waals surface area contributed by atoms with Crippen molar-refractivity contribution in [2.75, 3.05) is 10.5 Å². The molecule has 0 saturated carbocycles. The van der Waals surface area contributed by atoms with Gasteiger partial charge in [0.25, 0.3) is 10.0 Å². The lowest BCUT2D eigenvalue weighted by Crippen LogP contribution is -2.18. The summed E-state index contributed by atoms with van der Waals surface area (Å²) in [7, 11) is -3.97. The minimum absolute atomic E-state index is 0.0190. The number of halogens is 1. The smallest absolute Gasteiger partial charge is 0.265 e. The summed E-state index contributed by atoms with van der Waals surface area (Å²) in [6.45, 7) is 3.72. The largest absolute Gasteiger partial charge is 0.398 e. The van der Waals surface area contributed by atoms with E-state index in [4.69, 9.17) is 5.73 Å². The van der Waals surface area contributed by atoms with Gasteiger partial charge in [0.05, 0.1) is 11.9 Å². The van der Waals surface area contributed by atoms with Crippen molar-refractivity contribution in [2.24, 2.45) is 0 Å². The highest BCUT2D eigenvalue weighted by molar-refractivity contribution is 7.92. The zero-order valence-corrected chi connectivity index (χ0v) is 11.9. The Labute approximate surface area is 116 Å². The first-order chi connectivity index (χ1) is 9.31. The number of rotatable bonds is 4. The van der Waals surface area contributed by atoms with Crippen LogP contribution < -0.4 is 10.5 Å². The number of sulfonamides is 1. The van der Waals surface area contributed by atoms with Gasteiger partial charge in [-0.25, -0.2) is 17.5 Å². The van der Waals surface area contributed by atoms with E-state index >= 15 is 0 Å². The summed E-state index contributed by atoms with van der Waals surface area (Å²) in [6, 6.07) is 4.70. The van der Waals surface area contributed by atoms with Gasteiger partial charge in [-0.05, 0) is 32.0 Å². The first-order valence-electron chi connectivity index (χ1n) is 5.92. The molecule has 0 aliphatic heterocycles. The first-order valence-corrected chi connectivity index (χ1v) is 7.41. The maximum Gasteiger partial charge on any atom is 0.265 e. The molecule has 0 radical (unpaired) electrons. The van der Waals surface area contributed by atoms with Gasteiger partial charge in [-0.3, -0.25) is 4.72 Å². The third kappa shape index (κ3) is 2.74. The van der Waals surface area contributed by atoms with Crippen LogP contribution in [-0.4, -0.2) is 18.2 Å². The minimum Gasteiger partial charge on any atom is -0.398 e. The van der Waals surface area contributed by atoms with Crippen LogP contribution in [0.3, 0.4) is 0 Å². The number of hydrogen-bond acceptors (Lipinski definition) is 4. The summed E-state index contributed by atoms with van der Waals surface area (Å²) in [5.74, 6) is -0.374. The molecule has 0 aliphatic rings. The van der Waals surface area contributed by atoms with Gasteiger partial charge in [0.2, 0.25) is 0 Å². The fraction of sp³-hybridized carbons (Fsp3) is 0.250. The number of aromatic nitrogens is 2. The molecule has 1 aromatic heterocycles. The lowest BCUT2D eigenvalue weighted by atomic mass is 10.3. The zero-order chi connectivity index (χ0) is 14.9. The van der Waals surface area contributed by atoms with E-state index < -0.39 is 15.8 Å². The number of nitrogen functional groups attached to an aromatic ring is 1. The lowest BCUT2D eigenvalue weighted by Gasteiger charge is -2.14. The Hall–Kier alpha value is -2.09. The third-order valence-corrected chi connectivity index (χ3v) is 4.07. The molecule has 0 saturated heterocycles. The first kappa shape index (κ1) is 14.3. The van der Waals surface area contributed by atoms with Crippen molar-refractivity contribution in [2.45, 2.75) is 24.8 Å². The molecule has 0 unspecified atom stereocenters. The molecule has 8 heteroatoms. The summed E-state index contributed by atoms with van der Waals surface area (Å²) in [5, 5.41) is 4.02. The molecular weight excluding hydrogens is 283 g/mol. The number of anilines is 2. The number of nitrogens with zero attached hydrogens (tertiary/aromatic N) is 2. The highest BCUT2D eigenvalue weighted by atomic mass is 32.2. The molecule has 20 heavy (non-hydrogen) atoms. The van der Waals surface area contributed by atoms with Gasteiger partial charge in [-0.2, -0.15) is 5.10 Å². The van der Waals surface area contributed by atoms with Crippen molar-refractivity contribution in [3.63, 3.8) is 0 Å². The second-order valence-electron chi connectivity index (χ2n) is 4.54. The molecule has 2 aromatic rings. The minimum atomic E-state index is -3.97. The highest BCUT2D eigenvalue weighted by Gasteiger charge is 2.20. The standard InChI is InChI=1S/C12H15FN4O2S/c1-8(2)17-12(5-6-15-17)16-20(18,19)11-7-9(13)3-4-10(11)14/h3-8,16H,14H2,1-2H3. The summed E-state index contributed by atoms with van der Waals surface area (Å²) in [5.41, 5.74) is 5.58. The summed E-state index contributed by atoms with van der Waals surface area (Å²) in [4.78, 5) is -0.297. The van der Waals surface area contributed by atoms with Crippen LogP contribution in [0.15, 0.2) is 35.4 Å². The van der Waals surface area contributed by atoms with Crippen molar-refractivity contribution in [1.82, 2.24) is 9.78 Å². The number of benzene rings is 1. The van der Waals surface area contributed by atoms with Crippen LogP contribution in [0.2, 0.25) is 0 Å². The molecule has 2 rings (SSSR count). The highest BCUT2D eigenvalue weighted by Crippen LogP contribution is 2.23. The zero-order valence-electron chi connectivity index (χ0n) is 11.0. The maximum atomic E-state index is 13.2. The van der Waals surface area contributed by atoms with Gasteiger partial charge in [0.1, 0.15) is 16.5 Å². The third-order valence-electron chi connectivity index (χ3n) is 2.66. The average Bonchev–Trinajstić information content (AvgIpc) is 2.79. The predicted octanol–water partition coefficient (Wildman–Crippen LogP) is 1.99. The van der Waals surface area contributed by atoms with Crippen LogP contribution >= 0.6 is 0 Å². The van der Waals surface area contributed by atoms with Gasteiger partial charge in [0, 0.05) is 12.1 Å². The van der Waals surface area contributed by atoms with E-state index in [1.807, 2.05) is 13.8 Å². The van der Waals surface area contributed by atoms with Crippen LogP contribution in [0, 0.1) is 5.82 Å². The van der Waals surface area contributed by atoms with Crippen molar-refractivity contribution in [3.8, 4) is 0 Å². The molecule has 6 nitrogen and oxygen atoms in total.